The van der Waals surface area contributed by atoms with Crippen molar-refractivity contribution in [1.29, 1.82) is 0 Å². The number of rotatable bonds is 4. The standard InChI is InChI=1S/C16H14N4O3S/c1-9-13(20-15(24-9)12-3-2-8-23-12)14(21)18-10-4-6-11(7-5-10)19-16(17)22/h2-8H,1H3,(H,18,21)(H3,17,19,22). The van der Waals surface area contributed by atoms with Crippen LogP contribution in [0, 0.1) is 6.92 Å². The molecule has 0 fully saturated rings. The highest BCUT2D eigenvalue weighted by molar-refractivity contribution is 7.15. The Labute approximate surface area is 141 Å². The zero-order chi connectivity index (χ0) is 17.1. The van der Waals surface area contributed by atoms with E-state index in [2.05, 4.69) is 15.6 Å². The minimum absolute atomic E-state index is 0.308. The van der Waals surface area contributed by atoms with Crippen molar-refractivity contribution in [3.8, 4) is 10.8 Å². The fraction of sp³-hybridized carbons (Fsp3) is 0.0625. The van der Waals surface area contributed by atoms with Gasteiger partial charge in [-0.2, -0.15) is 0 Å². The third-order valence-corrected chi connectivity index (χ3v) is 4.14. The lowest BCUT2D eigenvalue weighted by Crippen LogP contribution is -2.19. The number of anilines is 2. The van der Waals surface area contributed by atoms with Gasteiger partial charge in [-0.05, 0) is 43.3 Å². The number of hydrogen-bond acceptors (Lipinski definition) is 5. The molecule has 0 unspecified atom stereocenters. The van der Waals surface area contributed by atoms with Crippen LogP contribution >= 0.6 is 11.3 Å². The number of hydrogen-bond donors (Lipinski definition) is 3. The lowest BCUT2D eigenvalue weighted by molar-refractivity contribution is 0.102. The Hall–Kier alpha value is -3.13. The van der Waals surface area contributed by atoms with Crippen molar-refractivity contribution in [3.63, 3.8) is 0 Å². The topological polar surface area (TPSA) is 110 Å². The number of carbonyl (C=O) groups is 2. The van der Waals surface area contributed by atoms with Gasteiger partial charge in [0.1, 0.15) is 5.69 Å². The SMILES string of the molecule is Cc1sc(-c2ccco2)nc1C(=O)Nc1ccc(NC(N)=O)cc1. The van der Waals surface area contributed by atoms with Crippen LogP contribution in [0.1, 0.15) is 15.4 Å². The molecule has 7 nitrogen and oxygen atoms in total. The number of carbonyl (C=O) groups excluding carboxylic acids is 2. The number of benzene rings is 1. The van der Waals surface area contributed by atoms with Crippen LogP contribution in [0.2, 0.25) is 0 Å². The van der Waals surface area contributed by atoms with E-state index in [9.17, 15) is 9.59 Å². The number of amides is 3. The van der Waals surface area contributed by atoms with E-state index in [1.54, 1.807) is 42.7 Å². The molecular weight excluding hydrogens is 328 g/mol. The second kappa shape index (κ2) is 6.55. The number of furan rings is 1. The molecule has 0 saturated carbocycles. The van der Waals surface area contributed by atoms with E-state index in [1.807, 2.05) is 6.92 Å². The van der Waals surface area contributed by atoms with Crippen molar-refractivity contribution >= 4 is 34.6 Å². The van der Waals surface area contributed by atoms with E-state index >= 15 is 0 Å². The van der Waals surface area contributed by atoms with Gasteiger partial charge in [0.25, 0.3) is 5.91 Å². The van der Waals surface area contributed by atoms with Gasteiger partial charge in [-0.15, -0.1) is 11.3 Å². The van der Waals surface area contributed by atoms with E-state index in [0.29, 0.717) is 27.8 Å². The predicted octanol–water partition coefficient (Wildman–Crippen LogP) is 3.45. The summed E-state index contributed by atoms with van der Waals surface area (Å²) in [6, 6.07) is 9.54. The Morgan fingerprint density at radius 2 is 1.79 bits per heavy atom. The zero-order valence-corrected chi connectivity index (χ0v) is 13.5. The summed E-state index contributed by atoms with van der Waals surface area (Å²) < 4.78 is 5.30. The molecule has 0 aliphatic heterocycles. The Morgan fingerprint density at radius 3 is 2.38 bits per heavy atom. The number of nitrogens with one attached hydrogen (secondary N) is 2. The maximum atomic E-state index is 12.4. The van der Waals surface area contributed by atoms with Crippen LogP contribution in [0.15, 0.2) is 47.1 Å². The summed E-state index contributed by atoms with van der Waals surface area (Å²) in [5.41, 5.74) is 6.53. The van der Waals surface area contributed by atoms with Gasteiger partial charge in [-0.25, -0.2) is 9.78 Å². The van der Waals surface area contributed by atoms with Gasteiger partial charge >= 0.3 is 6.03 Å². The van der Waals surface area contributed by atoms with E-state index in [4.69, 9.17) is 10.2 Å². The molecule has 3 aromatic rings. The minimum Gasteiger partial charge on any atom is -0.462 e. The summed E-state index contributed by atoms with van der Waals surface area (Å²) in [4.78, 5) is 28.3. The molecule has 0 radical (unpaired) electrons. The first-order valence-electron chi connectivity index (χ1n) is 7.02. The second-order valence-electron chi connectivity index (χ2n) is 4.92. The van der Waals surface area contributed by atoms with Crippen molar-refractivity contribution in [1.82, 2.24) is 4.98 Å². The zero-order valence-electron chi connectivity index (χ0n) is 12.7. The normalized spacial score (nSPS) is 10.4. The smallest absolute Gasteiger partial charge is 0.316 e. The van der Waals surface area contributed by atoms with Crippen LogP contribution in [0.3, 0.4) is 0 Å². The molecule has 0 bridgehead atoms. The van der Waals surface area contributed by atoms with E-state index in [1.165, 1.54) is 11.3 Å². The molecule has 0 aliphatic rings. The first-order chi connectivity index (χ1) is 11.5. The van der Waals surface area contributed by atoms with Crippen LogP contribution in [-0.2, 0) is 0 Å². The Kier molecular flexibility index (Phi) is 4.30. The number of nitrogens with zero attached hydrogens (tertiary/aromatic N) is 1. The van der Waals surface area contributed by atoms with Gasteiger partial charge in [0.15, 0.2) is 10.8 Å². The fourth-order valence-electron chi connectivity index (χ4n) is 2.08. The summed E-state index contributed by atoms with van der Waals surface area (Å²) in [6.07, 6.45) is 1.56. The molecule has 24 heavy (non-hydrogen) atoms. The molecule has 122 valence electrons. The molecule has 4 N–H and O–H groups in total. The number of nitrogens with two attached hydrogens (primary N) is 1. The lowest BCUT2D eigenvalue weighted by atomic mass is 10.2. The number of aromatic nitrogens is 1. The third kappa shape index (κ3) is 3.44. The molecule has 0 atom stereocenters. The lowest BCUT2D eigenvalue weighted by Gasteiger charge is -2.06. The molecule has 3 amide bonds. The van der Waals surface area contributed by atoms with Crippen molar-refractivity contribution in [2.75, 3.05) is 10.6 Å². The van der Waals surface area contributed by atoms with Crippen LogP contribution in [0.5, 0.6) is 0 Å². The maximum absolute atomic E-state index is 12.4. The monoisotopic (exact) mass is 342 g/mol. The largest absolute Gasteiger partial charge is 0.462 e. The van der Waals surface area contributed by atoms with Crippen LogP contribution in [0.25, 0.3) is 10.8 Å². The summed E-state index contributed by atoms with van der Waals surface area (Å²) >= 11 is 1.39. The van der Waals surface area contributed by atoms with Gasteiger partial charge in [-0.1, -0.05) is 0 Å². The highest BCUT2D eigenvalue weighted by Crippen LogP contribution is 2.28. The van der Waals surface area contributed by atoms with Crippen molar-refractivity contribution in [2.45, 2.75) is 6.92 Å². The number of primary amides is 1. The average Bonchev–Trinajstić information content (AvgIpc) is 3.18. The summed E-state index contributed by atoms with van der Waals surface area (Å²) in [6.45, 7) is 1.83. The molecule has 0 spiro atoms. The molecule has 1 aromatic carbocycles. The average molecular weight is 342 g/mol. The maximum Gasteiger partial charge on any atom is 0.316 e. The number of urea groups is 1. The van der Waals surface area contributed by atoms with Crippen molar-refractivity contribution in [2.24, 2.45) is 5.73 Å². The van der Waals surface area contributed by atoms with E-state index in [-0.39, 0.29) is 5.91 Å². The van der Waals surface area contributed by atoms with Crippen molar-refractivity contribution < 1.29 is 14.0 Å². The van der Waals surface area contributed by atoms with Gasteiger partial charge in [0.2, 0.25) is 0 Å². The third-order valence-electron chi connectivity index (χ3n) is 3.15. The van der Waals surface area contributed by atoms with E-state index in [0.717, 1.165) is 4.88 Å². The summed E-state index contributed by atoms with van der Waals surface area (Å²) in [5.74, 6) is 0.321. The van der Waals surface area contributed by atoms with Gasteiger partial charge in [-0.3, -0.25) is 4.79 Å². The van der Waals surface area contributed by atoms with E-state index < -0.39 is 6.03 Å². The van der Waals surface area contributed by atoms with Gasteiger partial charge in [0, 0.05) is 16.3 Å². The first kappa shape index (κ1) is 15.8. The summed E-state index contributed by atoms with van der Waals surface area (Å²) in [7, 11) is 0. The molecule has 3 rings (SSSR count). The molecular formula is C16H14N4O3S. The van der Waals surface area contributed by atoms with Crippen LogP contribution in [0.4, 0.5) is 16.2 Å². The fourth-order valence-corrected chi connectivity index (χ4v) is 2.96. The van der Waals surface area contributed by atoms with Crippen LogP contribution < -0.4 is 16.4 Å². The summed E-state index contributed by atoms with van der Waals surface area (Å²) in [5, 5.41) is 5.88. The molecule has 2 heterocycles. The predicted molar refractivity (Wildman–Crippen MR) is 92.2 cm³/mol. The molecule has 0 saturated heterocycles. The number of aryl methyl sites for hydroxylation is 1. The van der Waals surface area contributed by atoms with Crippen molar-refractivity contribution in [3.05, 3.63) is 53.2 Å². The highest BCUT2D eigenvalue weighted by Gasteiger charge is 2.17. The Balaban J connectivity index is 1.74. The molecule has 8 heteroatoms. The molecule has 2 aromatic heterocycles. The second-order valence-corrected chi connectivity index (χ2v) is 6.13. The number of thiazole rings is 1. The Morgan fingerprint density at radius 1 is 1.12 bits per heavy atom. The highest BCUT2D eigenvalue weighted by atomic mass is 32.1. The molecule has 0 aliphatic carbocycles. The Bertz CT molecular complexity index is 869. The first-order valence-corrected chi connectivity index (χ1v) is 7.84. The minimum atomic E-state index is -0.643. The van der Waals surface area contributed by atoms with Crippen LogP contribution in [-0.4, -0.2) is 16.9 Å². The van der Waals surface area contributed by atoms with Gasteiger partial charge < -0.3 is 20.8 Å². The van der Waals surface area contributed by atoms with Gasteiger partial charge in [0.05, 0.1) is 6.26 Å². The quantitative estimate of drug-likeness (QED) is 0.674.